The van der Waals surface area contributed by atoms with Crippen LogP contribution in [0.25, 0.3) is 17.2 Å². The first-order valence-corrected chi connectivity index (χ1v) is 9.74. The van der Waals surface area contributed by atoms with E-state index >= 15 is 0 Å². The fourth-order valence-corrected chi connectivity index (χ4v) is 4.26. The Morgan fingerprint density at radius 3 is 3.07 bits per heavy atom. The van der Waals surface area contributed by atoms with Crippen molar-refractivity contribution in [2.24, 2.45) is 0 Å². The normalized spacial score (nSPS) is 14.4. The quantitative estimate of drug-likeness (QED) is 0.569. The Hall–Kier alpha value is -2.91. The largest absolute Gasteiger partial charge is 0.366 e. The molecule has 9 heteroatoms. The summed E-state index contributed by atoms with van der Waals surface area (Å²) in [6.45, 7) is 3.90. The fourth-order valence-electron chi connectivity index (χ4n) is 3.37. The van der Waals surface area contributed by atoms with Gasteiger partial charge in [-0.3, -0.25) is 14.3 Å². The highest BCUT2D eigenvalue weighted by Crippen LogP contribution is 2.24. The van der Waals surface area contributed by atoms with Gasteiger partial charge in [-0.15, -0.1) is 21.5 Å². The summed E-state index contributed by atoms with van der Waals surface area (Å²) in [5, 5.41) is 14.2. The van der Waals surface area contributed by atoms with Gasteiger partial charge in [-0.05, 0) is 23.4 Å². The van der Waals surface area contributed by atoms with Gasteiger partial charge in [0.1, 0.15) is 5.69 Å². The third kappa shape index (κ3) is 3.15. The number of fused-ring (bicyclic) bond motifs is 2. The summed E-state index contributed by atoms with van der Waals surface area (Å²) in [5.41, 5.74) is 2.84. The molecule has 1 N–H and O–H groups in total. The minimum Gasteiger partial charge on any atom is -0.366 e. The summed E-state index contributed by atoms with van der Waals surface area (Å²) < 4.78 is 1.89. The summed E-state index contributed by atoms with van der Waals surface area (Å²) in [5.74, 6) is 1.39. The van der Waals surface area contributed by atoms with Gasteiger partial charge in [0.25, 0.3) is 0 Å². The fraction of sp³-hybridized carbons (Fsp3) is 0.278. The van der Waals surface area contributed by atoms with Gasteiger partial charge in [-0.25, -0.2) is 9.97 Å². The van der Waals surface area contributed by atoms with Crippen LogP contribution in [0.4, 0.5) is 5.82 Å². The van der Waals surface area contributed by atoms with Crippen molar-refractivity contribution >= 4 is 22.8 Å². The van der Waals surface area contributed by atoms with Crippen LogP contribution < -0.4 is 5.32 Å². The molecule has 0 atom stereocenters. The average Bonchev–Trinajstić information content (AvgIpc) is 3.35. The maximum absolute atomic E-state index is 4.44. The molecule has 5 rings (SSSR count). The van der Waals surface area contributed by atoms with E-state index in [4.69, 9.17) is 0 Å². The summed E-state index contributed by atoms with van der Waals surface area (Å²) in [7, 11) is 0. The maximum atomic E-state index is 4.44. The van der Waals surface area contributed by atoms with Crippen molar-refractivity contribution in [1.29, 1.82) is 0 Å². The van der Waals surface area contributed by atoms with Crippen LogP contribution in [0.5, 0.6) is 0 Å². The Kier molecular flexibility index (Phi) is 4.23. The second-order valence-electron chi connectivity index (χ2n) is 6.41. The van der Waals surface area contributed by atoms with Gasteiger partial charge in [0.2, 0.25) is 5.65 Å². The first-order chi connectivity index (χ1) is 13.4. The van der Waals surface area contributed by atoms with Crippen molar-refractivity contribution in [1.82, 2.24) is 34.4 Å². The predicted molar refractivity (Wildman–Crippen MR) is 104 cm³/mol. The lowest BCUT2D eigenvalue weighted by molar-refractivity contribution is 0.266. The Labute approximate surface area is 159 Å². The van der Waals surface area contributed by atoms with Crippen molar-refractivity contribution in [3.8, 4) is 11.5 Å². The molecule has 0 fully saturated rings. The minimum atomic E-state index is 0.657. The highest BCUT2D eigenvalue weighted by atomic mass is 32.1. The van der Waals surface area contributed by atoms with Crippen LogP contribution >= 0.6 is 11.3 Å². The van der Waals surface area contributed by atoms with E-state index in [1.54, 1.807) is 24.8 Å². The van der Waals surface area contributed by atoms with E-state index in [-0.39, 0.29) is 0 Å². The third-order valence-corrected chi connectivity index (χ3v) is 5.75. The molecule has 0 aliphatic carbocycles. The molecule has 0 aromatic carbocycles. The van der Waals surface area contributed by atoms with E-state index in [1.807, 2.05) is 21.9 Å². The van der Waals surface area contributed by atoms with Gasteiger partial charge in [0, 0.05) is 55.8 Å². The van der Waals surface area contributed by atoms with Gasteiger partial charge in [-0.1, -0.05) is 0 Å². The lowest BCUT2D eigenvalue weighted by Crippen LogP contribution is -2.33. The highest BCUT2D eigenvalue weighted by molar-refractivity contribution is 7.10. The van der Waals surface area contributed by atoms with Gasteiger partial charge in [0.15, 0.2) is 11.6 Å². The zero-order valence-corrected chi connectivity index (χ0v) is 15.4. The Morgan fingerprint density at radius 2 is 2.15 bits per heavy atom. The first-order valence-electron chi connectivity index (χ1n) is 8.86. The summed E-state index contributed by atoms with van der Waals surface area (Å²) >= 11 is 1.87. The molecular formula is C18H18N8S. The zero-order chi connectivity index (χ0) is 18.1. The lowest BCUT2D eigenvalue weighted by atomic mass is 10.1. The van der Waals surface area contributed by atoms with Crippen LogP contribution in [0.2, 0.25) is 0 Å². The second-order valence-corrected chi connectivity index (χ2v) is 7.41. The summed E-state index contributed by atoms with van der Waals surface area (Å²) in [6.07, 6.45) is 9.70. The molecular weight excluding hydrogens is 360 g/mol. The number of aromatic nitrogens is 6. The standard InChI is InChI=1S/C18H18N8S/c1-7-25(12-13-2-10-27-15(1)13)8-5-21-16-18-24-23-17(26(18)9-6-22-16)14-11-19-3-4-20-14/h2-4,6,9-11H,1,5,7-8,12H2,(H,21,22). The van der Waals surface area contributed by atoms with E-state index < -0.39 is 0 Å². The first kappa shape index (κ1) is 16.3. The van der Waals surface area contributed by atoms with Gasteiger partial charge in [0.05, 0.1) is 6.20 Å². The molecule has 4 aromatic heterocycles. The summed E-state index contributed by atoms with van der Waals surface area (Å²) in [4.78, 5) is 16.8. The Bertz CT molecular complexity index is 1060. The number of rotatable bonds is 5. The molecule has 0 amide bonds. The molecule has 1 aliphatic heterocycles. The molecule has 0 bridgehead atoms. The number of nitrogens with zero attached hydrogens (tertiary/aromatic N) is 7. The third-order valence-electron chi connectivity index (χ3n) is 4.73. The van der Waals surface area contributed by atoms with Crippen LogP contribution in [-0.4, -0.2) is 54.1 Å². The molecule has 0 radical (unpaired) electrons. The molecule has 0 saturated heterocycles. The Balaban J connectivity index is 1.29. The SMILES string of the molecule is c1cnc(-c2nnc3c(NCCN4CCc5sccc5C4)nccn23)cn1. The van der Waals surface area contributed by atoms with Crippen molar-refractivity contribution in [3.05, 3.63) is 52.9 Å². The van der Waals surface area contributed by atoms with Crippen LogP contribution in [0.15, 0.2) is 42.4 Å². The second kappa shape index (κ2) is 7.01. The zero-order valence-electron chi connectivity index (χ0n) is 14.6. The topological polar surface area (TPSA) is 84.1 Å². The number of hydrogen-bond acceptors (Lipinski definition) is 8. The minimum absolute atomic E-state index is 0.657. The van der Waals surface area contributed by atoms with Crippen LogP contribution in [0.3, 0.4) is 0 Å². The van der Waals surface area contributed by atoms with Gasteiger partial charge in [-0.2, -0.15) is 0 Å². The van der Waals surface area contributed by atoms with Crippen LogP contribution in [-0.2, 0) is 13.0 Å². The molecule has 8 nitrogen and oxygen atoms in total. The number of hydrogen-bond donors (Lipinski definition) is 1. The van der Waals surface area contributed by atoms with Crippen LogP contribution in [0.1, 0.15) is 10.4 Å². The predicted octanol–water partition coefficient (Wildman–Crippen LogP) is 2.11. The lowest BCUT2D eigenvalue weighted by Gasteiger charge is -2.26. The van der Waals surface area contributed by atoms with E-state index in [1.165, 1.54) is 10.4 Å². The molecule has 4 aromatic rings. The number of anilines is 1. The molecule has 0 saturated carbocycles. The highest BCUT2D eigenvalue weighted by Gasteiger charge is 2.17. The maximum Gasteiger partial charge on any atom is 0.203 e. The molecule has 0 spiro atoms. The van der Waals surface area contributed by atoms with E-state index in [2.05, 4.69) is 46.8 Å². The van der Waals surface area contributed by atoms with Gasteiger partial charge < -0.3 is 5.32 Å². The van der Waals surface area contributed by atoms with E-state index in [9.17, 15) is 0 Å². The molecule has 136 valence electrons. The van der Waals surface area contributed by atoms with Crippen molar-refractivity contribution < 1.29 is 0 Å². The van der Waals surface area contributed by atoms with E-state index in [0.29, 0.717) is 17.2 Å². The molecule has 27 heavy (non-hydrogen) atoms. The van der Waals surface area contributed by atoms with Crippen molar-refractivity contribution in [2.75, 3.05) is 25.0 Å². The van der Waals surface area contributed by atoms with Crippen LogP contribution in [0, 0.1) is 0 Å². The van der Waals surface area contributed by atoms with E-state index in [0.717, 1.165) is 38.4 Å². The monoisotopic (exact) mass is 378 g/mol. The Morgan fingerprint density at radius 1 is 1.15 bits per heavy atom. The smallest absolute Gasteiger partial charge is 0.203 e. The molecule has 1 aliphatic rings. The molecule has 5 heterocycles. The van der Waals surface area contributed by atoms with Crippen molar-refractivity contribution in [3.63, 3.8) is 0 Å². The number of nitrogens with one attached hydrogen (secondary N) is 1. The van der Waals surface area contributed by atoms with Gasteiger partial charge >= 0.3 is 0 Å². The molecule has 0 unspecified atom stereocenters. The van der Waals surface area contributed by atoms with Crippen molar-refractivity contribution in [2.45, 2.75) is 13.0 Å². The average molecular weight is 378 g/mol. The number of thiophene rings is 1. The summed E-state index contributed by atoms with van der Waals surface area (Å²) in [6, 6.07) is 2.24.